The summed E-state index contributed by atoms with van der Waals surface area (Å²) < 4.78 is 6.32. The van der Waals surface area contributed by atoms with Gasteiger partial charge >= 0.3 is 0 Å². The molecule has 1 aromatic rings. The molecule has 0 radical (unpaired) electrons. The van der Waals surface area contributed by atoms with Crippen LogP contribution in [0.5, 0.6) is 5.75 Å². The minimum atomic E-state index is 0.330. The third kappa shape index (κ3) is 3.76. The summed E-state index contributed by atoms with van der Waals surface area (Å²) in [5.41, 5.74) is 2.58. The average molecular weight is 275 g/mol. The number of ether oxygens (including phenoxy) is 1. The summed E-state index contributed by atoms with van der Waals surface area (Å²) in [6.07, 6.45) is 6.79. The lowest BCUT2D eigenvalue weighted by atomic mass is 9.86. The first kappa shape index (κ1) is 15.4. The van der Waals surface area contributed by atoms with Crippen LogP contribution in [0.4, 0.5) is 0 Å². The Kier molecular flexibility index (Phi) is 5.47. The number of benzene rings is 1. The summed E-state index contributed by atoms with van der Waals surface area (Å²) in [6, 6.07) is 6.87. The molecule has 1 fully saturated rings. The summed E-state index contributed by atoms with van der Waals surface area (Å²) in [5.74, 6) is 1.99. The molecule has 0 heterocycles. The molecule has 1 atom stereocenters. The number of nitrogens with one attached hydrogen (secondary N) is 1. The quantitative estimate of drug-likeness (QED) is 0.846. The summed E-state index contributed by atoms with van der Waals surface area (Å²) in [7, 11) is 2.00. The van der Waals surface area contributed by atoms with Crippen molar-refractivity contribution in [2.24, 2.45) is 5.92 Å². The highest BCUT2D eigenvalue weighted by molar-refractivity contribution is 5.39. The Morgan fingerprint density at radius 1 is 1.25 bits per heavy atom. The van der Waals surface area contributed by atoms with Gasteiger partial charge in [-0.15, -0.1) is 0 Å². The van der Waals surface area contributed by atoms with Crippen molar-refractivity contribution in [2.75, 3.05) is 7.05 Å². The molecule has 2 rings (SSSR count). The van der Waals surface area contributed by atoms with Crippen LogP contribution in [-0.4, -0.2) is 13.2 Å². The Hall–Kier alpha value is -1.02. The van der Waals surface area contributed by atoms with Gasteiger partial charge in [0.1, 0.15) is 5.75 Å². The van der Waals surface area contributed by atoms with Gasteiger partial charge in [0.2, 0.25) is 0 Å². The Morgan fingerprint density at radius 2 is 1.95 bits per heavy atom. The molecule has 0 spiro atoms. The lowest BCUT2D eigenvalue weighted by Crippen LogP contribution is -2.25. The van der Waals surface area contributed by atoms with Crippen molar-refractivity contribution in [1.82, 2.24) is 5.32 Å². The summed E-state index contributed by atoms with van der Waals surface area (Å²) in [5, 5.41) is 3.32. The van der Waals surface area contributed by atoms with Crippen LogP contribution in [-0.2, 0) is 0 Å². The molecule has 1 unspecified atom stereocenters. The van der Waals surface area contributed by atoms with Gasteiger partial charge in [-0.2, -0.15) is 0 Å². The summed E-state index contributed by atoms with van der Waals surface area (Å²) in [4.78, 5) is 0. The van der Waals surface area contributed by atoms with Crippen molar-refractivity contribution in [3.63, 3.8) is 0 Å². The van der Waals surface area contributed by atoms with E-state index in [0.29, 0.717) is 12.1 Å². The van der Waals surface area contributed by atoms with E-state index in [2.05, 4.69) is 44.3 Å². The first-order valence-corrected chi connectivity index (χ1v) is 8.08. The molecule has 20 heavy (non-hydrogen) atoms. The van der Waals surface area contributed by atoms with E-state index >= 15 is 0 Å². The maximum absolute atomic E-state index is 6.32. The highest BCUT2D eigenvalue weighted by Crippen LogP contribution is 2.32. The summed E-state index contributed by atoms with van der Waals surface area (Å²) >= 11 is 0. The van der Waals surface area contributed by atoms with E-state index < -0.39 is 0 Å². The Morgan fingerprint density at radius 3 is 2.55 bits per heavy atom. The van der Waals surface area contributed by atoms with Gasteiger partial charge in [-0.05, 0) is 58.6 Å². The molecule has 2 nitrogen and oxygen atoms in total. The van der Waals surface area contributed by atoms with Crippen LogP contribution in [0.1, 0.15) is 63.1 Å². The fraction of sp³-hybridized carbons (Fsp3) is 0.667. The molecular formula is C18H29NO. The molecule has 1 aromatic carbocycles. The van der Waals surface area contributed by atoms with Crippen LogP contribution >= 0.6 is 0 Å². The lowest BCUT2D eigenvalue weighted by molar-refractivity contribution is 0.128. The molecule has 0 amide bonds. The van der Waals surface area contributed by atoms with Crippen molar-refractivity contribution >= 4 is 0 Å². The number of hydrogen-bond donors (Lipinski definition) is 1. The van der Waals surface area contributed by atoms with Crippen LogP contribution in [0.25, 0.3) is 0 Å². The smallest absolute Gasteiger partial charge is 0.124 e. The fourth-order valence-corrected chi connectivity index (χ4v) is 3.11. The molecule has 0 aromatic heterocycles. The first-order chi connectivity index (χ1) is 9.63. The molecule has 0 bridgehead atoms. The molecular weight excluding hydrogens is 246 g/mol. The second-order valence-corrected chi connectivity index (χ2v) is 6.22. The maximum Gasteiger partial charge on any atom is 0.124 e. The van der Waals surface area contributed by atoms with Gasteiger partial charge < -0.3 is 10.1 Å². The van der Waals surface area contributed by atoms with Gasteiger partial charge in [0.15, 0.2) is 0 Å². The first-order valence-electron chi connectivity index (χ1n) is 8.08. The SMILES string of the molecule is CCC1CCC(Oc2ccc(C)cc2C(C)NC)CC1. The molecule has 0 saturated heterocycles. The molecule has 2 heteroatoms. The number of aryl methyl sites for hydroxylation is 1. The van der Waals surface area contributed by atoms with E-state index in [0.717, 1.165) is 11.7 Å². The standard InChI is InChI=1S/C18H29NO/c1-5-15-7-9-16(10-8-15)20-18-11-6-13(2)12-17(18)14(3)19-4/h6,11-12,14-16,19H,5,7-10H2,1-4H3. The molecule has 1 aliphatic rings. The Balaban J connectivity index is 2.05. The van der Waals surface area contributed by atoms with E-state index in [1.54, 1.807) is 0 Å². The topological polar surface area (TPSA) is 21.3 Å². The van der Waals surface area contributed by atoms with Gasteiger partial charge in [0, 0.05) is 11.6 Å². The van der Waals surface area contributed by atoms with Crippen molar-refractivity contribution < 1.29 is 4.74 Å². The highest BCUT2D eigenvalue weighted by Gasteiger charge is 2.22. The minimum Gasteiger partial charge on any atom is -0.490 e. The van der Waals surface area contributed by atoms with Gasteiger partial charge in [-0.25, -0.2) is 0 Å². The normalized spacial score (nSPS) is 24.4. The number of hydrogen-bond acceptors (Lipinski definition) is 2. The highest BCUT2D eigenvalue weighted by atomic mass is 16.5. The molecule has 1 saturated carbocycles. The molecule has 112 valence electrons. The zero-order chi connectivity index (χ0) is 14.5. The van der Waals surface area contributed by atoms with Gasteiger partial charge in [-0.1, -0.05) is 31.0 Å². The predicted molar refractivity (Wildman–Crippen MR) is 85.3 cm³/mol. The maximum atomic E-state index is 6.32. The van der Waals surface area contributed by atoms with E-state index in [1.807, 2.05) is 7.05 Å². The van der Waals surface area contributed by atoms with Gasteiger partial charge in [0.05, 0.1) is 6.10 Å². The van der Waals surface area contributed by atoms with Crippen molar-refractivity contribution in [3.8, 4) is 5.75 Å². The number of rotatable bonds is 5. The monoisotopic (exact) mass is 275 g/mol. The molecule has 1 aliphatic carbocycles. The van der Waals surface area contributed by atoms with E-state index in [1.165, 1.54) is 43.2 Å². The van der Waals surface area contributed by atoms with E-state index in [-0.39, 0.29) is 0 Å². The predicted octanol–water partition coefficient (Wildman–Crippen LogP) is 4.62. The third-order valence-electron chi connectivity index (χ3n) is 4.73. The zero-order valence-corrected chi connectivity index (χ0v) is 13.4. The van der Waals surface area contributed by atoms with E-state index in [4.69, 9.17) is 4.74 Å². The Labute approximate surface area is 123 Å². The average Bonchev–Trinajstić information content (AvgIpc) is 2.49. The van der Waals surface area contributed by atoms with Crippen molar-refractivity contribution in [3.05, 3.63) is 29.3 Å². The van der Waals surface area contributed by atoms with Crippen LogP contribution in [0.2, 0.25) is 0 Å². The largest absolute Gasteiger partial charge is 0.490 e. The zero-order valence-electron chi connectivity index (χ0n) is 13.4. The summed E-state index contributed by atoms with van der Waals surface area (Å²) in [6.45, 7) is 6.64. The van der Waals surface area contributed by atoms with Gasteiger partial charge in [-0.3, -0.25) is 0 Å². The van der Waals surface area contributed by atoms with Crippen LogP contribution < -0.4 is 10.1 Å². The van der Waals surface area contributed by atoms with Crippen molar-refractivity contribution in [1.29, 1.82) is 0 Å². The fourth-order valence-electron chi connectivity index (χ4n) is 3.11. The minimum absolute atomic E-state index is 0.330. The second kappa shape index (κ2) is 7.12. The van der Waals surface area contributed by atoms with Crippen molar-refractivity contribution in [2.45, 2.75) is 65.0 Å². The Bertz CT molecular complexity index is 421. The lowest BCUT2D eigenvalue weighted by Gasteiger charge is -2.29. The third-order valence-corrected chi connectivity index (χ3v) is 4.73. The second-order valence-electron chi connectivity index (χ2n) is 6.22. The van der Waals surface area contributed by atoms with E-state index in [9.17, 15) is 0 Å². The molecule has 0 aliphatic heterocycles. The van der Waals surface area contributed by atoms with Gasteiger partial charge in [0.25, 0.3) is 0 Å². The molecule has 1 N–H and O–H groups in total. The van der Waals surface area contributed by atoms with Crippen LogP contribution in [0, 0.1) is 12.8 Å². The van der Waals surface area contributed by atoms with Crippen LogP contribution in [0.3, 0.4) is 0 Å². The van der Waals surface area contributed by atoms with Crippen LogP contribution in [0.15, 0.2) is 18.2 Å².